The average Bonchev–Trinajstić information content (AvgIpc) is 2.59. The van der Waals surface area contributed by atoms with Gasteiger partial charge in [-0.25, -0.2) is 0 Å². The van der Waals surface area contributed by atoms with Crippen LogP contribution in [0.1, 0.15) is 31.4 Å². The molecular formula is C13H16BrNO2. The Morgan fingerprint density at radius 3 is 3.00 bits per heavy atom. The molecule has 3 rings (SSSR count). The van der Waals surface area contributed by atoms with Crippen molar-refractivity contribution in [2.75, 3.05) is 6.61 Å². The number of rotatable bonds is 0. The minimum atomic E-state index is -0.229. The summed E-state index contributed by atoms with van der Waals surface area (Å²) in [6.07, 6.45) is 1.87. The molecule has 3 nitrogen and oxygen atoms in total. The van der Waals surface area contributed by atoms with E-state index in [2.05, 4.69) is 22.9 Å². The number of hydrogen-bond acceptors (Lipinski definition) is 3. The summed E-state index contributed by atoms with van der Waals surface area (Å²) < 4.78 is 12.9. The fourth-order valence-corrected chi connectivity index (χ4v) is 3.15. The minimum absolute atomic E-state index is 0.0380. The highest BCUT2D eigenvalue weighted by molar-refractivity contribution is 9.10. The zero-order chi connectivity index (χ0) is 12.0. The Bertz CT molecular complexity index is 451. The second-order valence-electron chi connectivity index (χ2n) is 4.92. The molecule has 2 N–H and O–H groups in total. The van der Waals surface area contributed by atoms with E-state index in [1.165, 1.54) is 0 Å². The van der Waals surface area contributed by atoms with Crippen LogP contribution < -0.4 is 10.5 Å². The van der Waals surface area contributed by atoms with Crippen LogP contribution in [-0.2, 0) is 4.74 Å². The molecular weight excluding hydrogens is 282 g/mol. The van der Waals surface area contributed by atoms with Gasteiger partial charge < -0.3 is 15.2 Å². The van der Waals surface area contributed by atoms with Crippen LogP contribution in [0.15, 0.2) is 22.7 Å². The largest absolute Gasteiger partial charge is 0.484 e. The Balaban J connectivity index is 2.02. The summed E-state index contributed by atoms with van der Waals surface area (Å²) in [5, 5.41) is 0. The lowest BCUT2D eigenvalue weighted by Gasteiger charge is -2.40. The summed E-state index contributed by atoms with van der Waals surface area (Å²) in [6.45, 7) is 2.83. The highest BCUT2D eigenvalue weighted by atomic mass is 79.9. The number of fused-ring (bicyclic) bond motifs is 1. The molecule has 2 aliphatic heterocycles. The second-order valence-corrected chi connectivity index (χ2v) is 5.84. The molecule has 2 heterocycles. The first-order valence-corrected chi connectivity index (χ1v) is 6.76. The first kappa shape index (κ1) is 11.5. The fourth-order valence-electron chi connectivity index (χ4n) is 2.81. The van der Waals surface area contributed by atoms with Crippen molar-refractivity contribution in [3.63, 3.8) is 0 Å². The highest BCUT2D eigenvalue weighted by Gasteiger charge is 2.48. The Morgan fingerprint density at radius 1 is 1.47 bits per heavy atom. The fraction of sp³-hybridized carbons (Fsp3) is 0.538. The number of halogens is 1. The molecule has 4 heteroatoms. The highest BCUT2D eigenvalue weighted by Crippen LogP contribution is 2.45. The number of nitrogens with two attached hydrogens (primary N) is 1. The van der Waals surface area contributed by atoms with Crippen molar-refractivity contribution in [3.05, 3.63) is 28.2 Å². The predicted molar refractivity (Wildman–Crippen MR) is 69.1 cm³/mol. The van der Waals surface area contributed by atoms with Crippen LogP contribution in [0, 0.1) is 0 Å². The Morgan fingerprint density at radius 2 is 2.29 bits per heavy atom. The number of benzene rings is 1. The van der Waals surface area contributed by atoms with E-state index in [-0.39, 0.29) is 17.7 Å². The van der Waals surface area contributed by atoms with Crippen molar-refractivity contribution >= 4 is 15.9 Å². The van der Waals surface area contributed by atoms with Crippen molar-refractivity contribution in [2.24, 2.45) is 5.73 Å². The Kier molecular flexibility index (Phi) is 2.69. The molecule has 3 atom stereocenters. The van der Waals surface area contributed by atoms with Gasteiger partial charge in [0.05, 0.1) is 12.7 Å². The molecule has 1 saturated heterocycles. The molecule has 0 amide bonds. The molecule has 1 aromatic rings. The first-order valence-electron chi connectivity index (χ1n) is 5.96. The molecule has 0 saturated carbocycles. The van der Waals surface area contributed by atoms with Crippen LogP contribution in [0.2, 0.25) is 0 Å². The number of ether oxygens (including phenoxy) is 2. The third-order valence-corrected chi connectivity index (χ3v) is 4.38. The monoisotopic (exact) mass is 297 g/mol. The number of hydrogen-bond donors (Lipinski definition) is 1. The van der Waals surface area contributed by atoms with Crippen molar-refractivity contribution in [1.29, 1.82) is 0 Å². The van der Waals surface area contributed by atoms with E-state index in [0.717, 1.165) is 35.2 Å². The minimum Gasteiger partial charge on any atom is -0.484 e. The van der Waals surface area contributed by atoms with Gasteiger partial charge in [0, 0.05) is 28.9 Å². The first-order chi connectivity index (χ1) is 8.11. The standard InChI is InChI=1S/C13H16BrNO2/c1-8-13(4-5-16-8)7-11(15)10-3-2-9(14)6-12(10)17-13/h2-3,6,8,11H,4-5,7,15H2,1H3/t8?,11-,13?/m1/s1. The Hall–Kier alpha value is -0.580. The zero-order valence-corrected chi connectivity index (χ0v) is 11.4. The molecule has 0 bridgehead atoms. The molecule has 0 aliphatic carbocycles. The van der Waals surface area contributed by atoms with Crippen molar-refractivity contribution in [2.45, 2.75) is 37.5 Å². The third-order valence-electron chi connectivity index (χ3n) is 3.89. The van der Waals surface area contributed by atoms with E-state index in [0.29, 0.717) is 0 Å². The van der Waals surface area contributed by atoms with Gasteiger partial charge in [-0.05, 0) is 19.1 Å². The Labute approximate surface area is 109 Å². The summed E-state index contributed by atoms with van der Waals surface area (Å²) >= 11 is 3.47. The van der Waals surface area contributed by atoms with Gasteiger partial charge in [0.2, 0.25) is 0 Å². The molecule has 17 heavy (non-hydrogen) atoms. The third kappa shape index (κ3) is 1.79. The molecule has 2 unspecified atom stereocenters. The second kappa shape index (κ2) is 3.97. The average molecular weight is 298 g/mol. The molecule has 1 spiro atoms. The van der Waals surface area contributed by atoms with E-state index in [1.807, 2.05) is 18.2 Å². The van der Waals surface area contributed by atoms with Crippen molar-refractivity contribution in [3.8, 4) is 5.75 Å². The SMILES string of the molecule is CC1OCCC12C[C@@H](N)c1ccc(Br)cc1O2. The van der Waals surface area contributed by atoms with Gasteiger partial charge in [0.25, 0.3) is 0 Å². The maximum absolute atomic E-state index is 6.26. The van der Waals surface area contributed by atoms with Crippen LogP contribution in [0.3, 0.4) is 0 Å². The van der Waals surface area contributed by atoms with E-state index < -0.39 is 0 Å². The smallest absolute Gasteiger partial charge is 0.139 e. The molecule has 2 aliphatic rings. The lowest BCUT2D eigenvalue weighted by atomic mass is 9.83. The zero-order valence-electron chi connectivity index (χ0n) is 9.78. The van der Waals surface area contributed by atoms with E-state index >= 15 is 0 Å². The molecule has 1 fully saturated rings. The lowest BCUT2D eigenvalue weighted by molar-refractivity contribution is -0.0275. The maximum atomic E-state index is 6.26. The van der Waals surface area contributed by atoms with E-state index in [1.54, 1.807) is 0 Å². The summed E-state index contributed by atoms with van der Waals surface area (Å²) in [7, 11) is 0. The molecule has 92 valence electrons. The normalized spacial score (nSPS) is 35.7. The van der Waals surface area contributed by atoms with E-state index in [9.17, 15) is 0 Å². The summed E-state index contributed by atoms with van der Waals surface area (Å²) in [6, 6.07) is 6.09. The van der Waals surface area contributed by atoms with Gasteiger partial charge in [-0.3, -0.25) is 0 Å². The summed E-state index contributed by atoms with van der Waals surface area (Å²) in [5.74, 6) is 0.899. The topological polar surface area (TPSA) is 44.5 Å². The van der Waals surface area contributed by atoms with Gasteiger partial charge in [0.1, 0.15) is 11.4 Å². The van der Waals surface area contributed by atoms with E-state index in [4.69, 9.17) is 15.2 Å². The predicted octanol–water partition coefficient (Wildman–Crippen LogP) is 2.78. The van der Waals surface area contributed by atoms with Crippen LogP contribution in [0.4, 0.5) is 0 Å². The van der Waals surface area contributed by atoms with Gasteiger partial charge >= 0.3 is 0 Å². The van der Waals surface area contributed by atoms with Gasteiger partial charge in [-0.2, -0.15) is 0 Å². The van der Waals surface area contributed by atoms with Gasteiger partial charge in [0.15, 0.2) is 0 Å². The van der Waals surface area contributed by atoms with Crippen LogP contribution in [-0.4, -0.2) is 18.3 Å². The van der Waals surface area contributed by atoms with Crippen LogP contribution in [0.5, 0.6) is 5.75 Å². The molecule has 1 aromatic carbocycles. The van der Waals surface area contributed by atoms with Crippen LogP contribution in [0.25, 0.3) is 0 Å². The van der Waals surface area contributed by atoms with Crippen molar-refractivity contribution in [1.82, 2.24) is 0 Å². The quantitative estimate of drug-likeness (QED) is 0.801. The summed E-state index contributed by atoms with van der Waals surface area (Å²) in [4.78, 5) is 0. The van der Waals surface area contributed by atoms with Crippen LogP contribution >= 0.6 is 15.9 Å². The van der Waals surface area contributed by atoms with Gasteiger partial charge in [-0.1, -0.05) is 22.0 Å². The van der Waals surface area contributed by atoms with Crippen molar-refractivity contribution < 1.29 is 9.47 Å². The lowest BCUT2D eigenvalue weighted by Crippen LogP contribution is -2.47. The maximum Gasteiger partial charge on any atom is 0.139 e. The molecule has 0 radical (unpaired) electrons. The van der Waals surface area contributed by atoms with Gasteiger partial charge in [-0.15, -0.1) is 0 Å². The molecule has 0 aromatic heterocycles. The summed E-state index contributed by atoms with van der Waals surface area (Å²) in [5.41, 5.74) is 7.13.